The summed E-state index contributed by atoms with van der Waals surface area (Å²) in [5, 5.41) is 9.74. The van der Waals surface area contributed by atoms with E-state index in [1.165, 1.54) is 12.1 Å². The number of aromatic nitrogens is 2. The van der Waals surface area contributed by atoms with Crippen LogP contribution in [0.4, 0.5) is 4.39 Å². The van der Waals surface area contributed by atoms with Gasteiger partial charge in [-0.3, -0.25) is 0 Å². The number of aliphatic carboxylic acids is 1. The van der Waals surface area contributed by atoms with Crippen LogP contribution in [0, 0.1) is 5.82 Å². The number of carboxylic acids is 1. The Morgan fingerprint density at radius 1 is 1.27 bits per heavy atom. The average molecular weight is 296 g/mol. The first-order chi connectivity index (χ1) is 10.6. The van der Waals surface area contributed by atoms with Crippen LogP contribution in [0.3, 0.4) is 0 Å². The summed E-state index contributed by atoms with van der Waals surface area (Å²) in [4.78, 5) is 15.2. The van der Waals surface area contributed by atoms with E-state index >= 15 is 0 Å². The third kappa shape index (κ3) is 2.37. The molecule has 3 rings (SSSR count). The highest BCUT2D eigenvalue weighted by molar-refractivity contribution is 5.98. The molecular formula is C17H13FN2O2. The van der Waals surface area contributed by atoms with Crippen molar-refractivity contribution in [3.63, 3.8) is 0 Å². The van der Waals surface area contributed by atoms with Crippen LogP contribution in [0.15, 0.2) is 48.7 Å². The van der Waals surface area contributed by atoms with E-state index in [0.717, 1.165) is 33.9 Å². The third-order valence-electron chi connectivity index (χ3n) is 3.50. The Balaban J connectivity index is 2.32. The molecule has 0 saturated heterocycles. The van der Waals surface area contributed by atoms with Crippen molar-refractivity contribution in [1.82, 2.24) is 9.55 Å². The van der Waals surface area contributed by atoms with Gasteiger partial charge in [0.05, 0.1) is 5.69 Å². The van der Waals surface area contributed by atoms with Gasteiger partial charge < -0.3 is 9.67 Å². The maximum atomic E-state index is 13.2. The molecule has 2 heterocycles. The minimum Gasteiger partial charge on any atom is -0.478 e. The Kier molecular flexibility index (Phi) is 3.47. The van der Waals surface area contributed by atoms with Crippen molar-refractivity contribution in [3.8, 4) is 11.3 Å². The monoisotopic (exact) mass is 296 g/mol. The van der Waals surface area contributed by atoms with Gasteiger partial charge in [0.1, 0.15) is 11.5 Å². The van der Waals surface area contributed by atoms with Crippen LogP contribution >= 0.6 is 0 Å². The molecule has 110 valence electrons. The molecule has 3 aromatic rings. The molecule has 1 N–H and O–H groups in total. The quantitative estimate of drug-likeness (QED) is 0.753. The molecule has 4 nitrogen and oxygen atoms in total. The van der Waals surface area contributed by atoms with Crippen LogP contribution in [0.25, 0.3) is 28.4 Å². The summed E-state index contributed by atoms with van der Waals surface area (Å²) in [5.74, 6) is -1.34. The second-order valence-electron chi connectivity index (χ2n) is 4.87. The smallest absolute Gasteiger partial charge is 0.328 e. The van der Waals surface area contributed by atoms with Gasteiger partial charge in [0, 0.05) is 30.3 Å². The predicted octanol–water partition coefficient (Wildman–Crippen LogP) is 3.48. The van der Waals surface area contributed by atoms with Gasteiger partial charge >= 0.3 is 5.97 Å². The van der Waals surface area contributed by atoms with Crippen molar-refractivity contribution in [1.29, 1.82) is 0 Å². The fourth-order valence-electron chi connectivity index (χ4n) is 2.57. The summed E-state index contributed by atoms with van der Waals surface area (Å²) in [7, 11) is 1.85. The summed E-state index contributed by atoms with van der Waals surface area (Å²) < 4.78 is 15.0. The molecule has 0 fully saturated rings. The highest BCUT2D eigenvalue weighted by atomic mass is 19.1. The number of aryl methyl sites for hydroxylation is 1. The molecule has 22 heavy (non-hydrogen) atoms. The lowest BCUT2D eigenvalue weighted by Crippen LogP contribution is -1.94. The van der Waals surface area contributed by atoms with Crippen molar-refractivity contribution < 1.29 is 14.3 Å². The van der Waals surface area contributed by atoms with E-state index in [-0.39, 0.29) is 5.82 Å². The zero-order chi connectivity index (χ0) is 15.7. The van der Waals surface area contributed by atoms with Crippen LogP contribution in [0.1, 0.15) is 5.56 Å². The molecule has 0 saturated carbocycles. The molecule has 5 heteroatoms. The van der Waals surface area contributed by atoms with Crippen molar-refractivity contribution in [2.24, 2.45) is 7.05 Å². The van der Waals surface area contributed by atoms with Gasteiger partial charge in [-0.2, -0.15) is 0 Å². The molecule has 0 atom stereocenters. The van der Waals surface area contributed by atoms with E-state index in [2.05, 4.69) is 4.98 Å². The maximum absolute atomic E-state index is 13.2. The van der Waals surface area contributed by atoms with E-state index in [4.69, 9.17) is 5.11 Å². The lowest BCUT2D eigenvalue weighted by atomic mass is 10.1. The van der Waals surface area contributed by atoms with Crippen molar-refractivity contribution in [2.75, 3.05) is 0 Å². The fraction of sp³-hybridized carbons (Fsp3) is 0.0588. The molecule has 0 bridgehead atoms. The summed E-state index contributed by atoms with van der Waals surface area (Å²) >= 11 is 0. The Bertz CT molecular complexity index is 880. The second kappa shape index (κ2) is 5.44. The molecule has 0 aliphatic heterocycles. The largest absolute Gasteiger partial charge is 0.478 e. The topological polar surface area (TPSA) is 55.1 Å². The van der Waals surface area contributed by atoms with Crippen LogP contribution in [-0.2, 0) is 11.8 Å². The maximum Gasteiger partial charge on any atom is 0.328 e. The SMILES string of the molecule is Cn1c(-c2ccc(F)cc2)c(C=CC(=O)O)c2cccnc21. The number of fused-ring (bicyclic) bond motifs is 1. The summed E-state index contributed by atoms with van der Waals surface area (Å²) in [6.45, 7) is 0. The van der Waals surface area contributed by atoms with Gasteiger partial charge in [-0.15, -0.1) is 0 Å². The molecule has 0 amide bonds. The van der Waals surface area contributed by atoms with Gasteiger partial charge in [-0.1, -0.05) is 0 Å². The lowest BCUT2D eigenvalue weighted by Gasteiger charge is -2.06. The highest BCUT2D eigenvalue weighted by Gasteiger charge is 2.15. The first-order valence-electron chi connectivity index (χ1n) is 6.68. The first kappa shape index (κ1) is 14.0. The zero-order valence-corrected chi connectivity index (χ0v) is 11.8. The molecule has 0 aliphatic rings. The van der Waals surface area contributed by atoms with E-state index < -0.39 is 5.97 Å². The average Bonchev–Trinajstić information content (AvgIpc) is 2.79. The van der Waals surface area contributed by atoms with Crippen molar-refractivity contribution in [2.45, 2.75) is 0 Å². The number of halogens is 1. The molecule has 2 aromatic heterocycles. The number of carbonyl (C=O) groups is 1. The van der Waals surface area contributed by atoms with Gasteiger partial charge in [0.2, 0.25) is 0 Å². The number of carboxylic acid groups (broad SMARTS) is 1. The number of nitrogens with zero attached hydrogens (tertiary/aromatic N) is 2. The van der Waals surface area contributed by atoms with E-state index in [1.54, 1.807) is 30.5 Å². The molecular weight excluding hydrogens is 283 g/mol. The Hall–Kier alpha value is -2.95. The molecule has 1 aromatic carbocycles. The van der Waals surface area contributed by atoms with Crippen LogP contribution in [0.2, 0.25) is 0 Å². The van der Waals surface area contributed by atoms with Gasteiger partial charge in [0.15, 0.2) is 0 Å². The number of rotatable bonds is 3. The Labute approximate surface area is 126 Å². The molecule has 0 radical (unpaired) electrons. The Morgan fingerprint density at radius 3 is 2.68 bits per heavy atom. The molecule has 0 unspecified atom stereocenters. The van der Waals surface area contributed by atoms with Crippen LogP contribution in [0.5, 0.6) is 0 Å². The van der Waals surface area contributed by atoms with E-state index in [1.807, 2.05) is 17.7 Å². The van der Waals surface area contributed by atoms with E-state index in [9.17, 15) is 9.18 Å². The fourth-order valence-corrected chi connectivity index (χ4v) is 2.57. The van der Waals surface area contributed by atoms with Crippen molar-refractivity contribution >= 4 is 23.1 Å². The first-order valence-corrected chi connectivity index (χ1v) is 6.68. The third-order valence-corrected chi connectivity index (χ3v) is 3.50. The molecule has 0 spiro atoms. The molecule has 0 aliphatic carbocycles. The van der Waals surface area contributed by atoms with Gasteiger partial charge in [-0.05, 0) is 48.0 Å². The zero-order valence-electron chi connectivity index (χ0n) is 11.8. The normalized spacial score (nSPS) is 11.4. The summed E-state index contributed by atoms with van der Waals surface area (Å²) in [6.07, 6.45) is 4.32. The van der Waals surface area contributed by atoms with Crippen LogP contribution < -0.4 is 0 Å². The number of hydrogen-bond acceptors (Lipinski definition) is 2. The minimum absolute atomic E-state index is 0.316. The number of pyridine rings is 1. The van der Waals surface area contributed by atoms with Crippen molar-refractivity contribution in [3.05, 3.63) is 60.1 Å². The number of benzene rings is 1. The number of hydrogen-bond donors (Lipinski definition) is 1. The summed E-state index contributed by atoms with van der Waals surface area (Å²) in [6, 6.07) is 9.78. The second-order valence-corrected chi connectivity index (χ2v) is 4.87. The lowest BCUT2D eigenvalue weighted by molar-refractivity contribution is -0.131. The van der Waals surface area contributed by atoms with E-state index in [0.29, 0.717) is 0 Å². The Morgan fingerprint density at radius 2 is 2.00 bits per heavy atom. The summed E-state index contributed by atoms with van der Waals surface area (Å²) in [5.41, 5.74) is 3.09. The highest BCUT2D eigenvalue weighted by Crippen LogP contribution is 2.33. The van der Waals surface area contributed by atoms with Gasteiger partial charge in [-0.25, -0.2) is 14.2 Å². The van der Waals surface area contributed by atoms with Crippen LogP contribution in [-0.4, -0.2) is 20.6 Å². The minimum atomic E-state index is -1.02. The standard InChI is InChI=1S/C17H13FN2O2/c1-20-16(11-4-6-12(18)7-5-11)13(8-9-15(21)22)14-3-2-10-19-17(14)20/h2-10H,1H3,(H,21,22). The van der Waals surface area contributed by atoms with Gasteiger partial charge in [0.25, 0.3) is 0 Å². The predicted molar refractivity (Wildman–Crippen MR) is 82.8 cm³/mol.